The molecule has 2 rings (SSSR count). The summed E-state index contributed by atoms with van der Waals surface area (Å²) in [4.78, 5) is 2.46. The number of hydrogen-bond donors (Lipinski definition) is 1. The number of para-hydroxylation sites is 1. The number of benzene rings is 1. The second kappa shape index (κ2) is 6.89. The molecular weight excluding hydrogens is 240 g/mol. The van der Waals surface area contributed by atoms with Gasteiger partial charge in [-0.3, -0.25) is 4.90 Å². The summed E-state index contributed by atoms with van der Waals surface area (Å²) in [5.41, 5.74) is 7.03. The van der Waals surface area contributed by atoms with Crippen LogP contribution in [0.2, 0.25) is 0 Å². The third kappa shape index (κ3) is 3.08. The Labute approximate surface area is 115 Å². The van der Waals surface area contributed by atoms with Gasteiger partial charge in [-0.05, 0) is 18.9 Å². The van der Waals surface area contributed by atoms with Crippen LogP contribution in [0.5, 0.6) is 5.75 Å². The SMILES string of the molecule is COCC1CCC(c2ccccc2OC)N1CCN. The number of nitrogens with two attached hydrogens (primary N) is 1. The summed E-state index contributed by atoms with van der Waals surface area (Å²) in [6.07, 6.45) is 2.28. The van der Waals surface area contributed by atoms with Gasteiger partial charge in [0.1, 0.15) is 5.75 Å². The van der Waals surface area contributed by atoms with Crippen LogP contribution < -0.4 is 10.5 Å². The van der Waals surface area contributed by atoms with Crippen LogP contribution in [0.25, 0.3) is 0 Å². The molecule has 2 unspecified atom stereocenters. The molecule has 2 N–H and O–H groups in total. The molecule has 4 heteroatoms. The smallest absolute Gasteiger partial charge is 0.123 e. The monoisotopic (exact) mass is 264 g/mol. The van der Waals surface area contributed by atoms with Crippen molar-refractivity contribution in [1.82, 2.24) is 4.90 Å². The minimum Gasteiger partial charge on any atom is -0.496 e. The van der Waals surface area contributed by atoms with Crippen molar-refractivity contribution in [3.63, 3.8) is 0 Å². The topological polar surface area (TPSA) is 47.7 Å². The fraction of sp³-hybridized carbons (Fsp3) is 0.600. The van der Waals surface area contributed by atoms with E-state index in [0.29, 0.717) is 18.6 Å². The lowest BCUT2D eigenvalue weighted by atomic mass is 10.0. The lowest BCUT2D eigenvalue weighted by Gasteiger charge is -2.30. The Bertz CT molecular complexity index is 397. The second-order valence-electron chi connectivity index (χ2n) is 4.97. The number of ether oxygens (including phenoxy) is 2. The van der Waals surface area contributed by atoms with Gasteiger partial charge < -0.3 is 15.2 Å². The molecule has 19 heavy (non-hydrogen) atoms. The predicted octanol–water partition coefficient (Wildman–Crippen LogP) is 1.81. The van der Waals surface area contributed by atoms with Crippen molar-refractivity contribution in [3.05, 3.63) is 29.8 Å². The molecule has 0 radical (unpaired) electrons. The molecule has 0 aliphatic carbocycles. The highest BCUT2D eigenvalue weighted by atomic mass is 16.5. The van der Waals surface area contributed by atoms with Crippen LogP contribution >= 0.6 is 0 Å². The number of methoxy groups -OCH3 is 2. The summed E-state index contributed by atoms with van der Waals surface area (Å²) in [6, 6.07) is 9.12. The highest BCUT2D eigenvalue weighted by Gasteiger charge is 2.34. The molecule has 1 saturated heterocycles. The molecule has 4 nitrogen and oxygen atoms in total. The van der Waals surface area contributed by atoms with Crippen molar-refractivity contribution in [2.24, 2.45) is 5.73 Å². The zero-order chi connectivity index (χ0) is 13.7. The predicted molar refractivity (Wildman–Crippen MR) is 76.4 cm³/mol. The van der Waals surface area contributed by atoms with E-state index >= 15 is 0 Å². The quantitative estimate of drug-likeness (QED) is 0.851. The Kier molecular flexibility index (Phi) is 5.19. The number of likely N-dealkylation sites (tertiary alicyclic amines) is 1. The third-order valence-corrected chi connectivity index (χ3v) is 3.89. The van der Waals surface area contributed by atoms with Crippen LogP contribution in [0.4, 0.5) is 0 Å². The lowest BCUT2D eigenvalue weighted by Crippen LogP contribution is -2.38. The summed E-state index contributed by atoms with van der Waals surface area (Å²) in [5.74, 6) is 0.965. The van der Waals surface area contributed by atoms with E-state index in [9.17, 15) is 0 Å². The molecule has 0 amide bonds. The maximum atomic E-state index is 5.76. The molecule has 1 aromatic carbocycles. The van der Waals surface area contributed by atoms with Crippen molar-refractivity contribution in [1.29, 1.82) is 0 Å². The van der Waals surface area contributed by atoms with E-state index in [1.807, 2.05) is 12.1 Å². The molecule has 1 heterocycles. The van der Waals surface area contributed by atoms with Gasteiger partial charge in [-0.2, -0.15) is 0 Å². The molecule has 1 fully saturated rings. The first kappa shape index (κ1) is 14.3. The van der Waals surface area contributed by atoms with Crippen LogP contribution in [0.15, 0.2) is 24.3 Å². The fourth-order valence-corrected chi connectivity index (χ4v) is 3.07. The van der Waals surface area contributed by atoms with E-state index in [1.54, 1.807) is 14.2 Å². The van der Waals surface area contributed by atoms with Crippen LogP contribution in [0.3, 0.4) is 0 Å². The summed E-state index contributed by atoms with van der Waals surface area (Å²) < 4.78 is 10.8. The van der Waals surface area contributed by atoms with Crippen molar-refractivity contribution < 1.29 is 9.47 Å². The highest BCUT2D eigenvalue weighted by molar-refractivity contribution is 5.36. The van der Waals surface area contributed by atoms with Crippen molar-refractivity contribution in [2.75, 3.05) is 33.9 Å². The van der Waals surface area contributed by atoms with Gasteiger partial charge in [0.25, 0.3) is 0 Å². The Hall–Kier alpha value is -1.10. The molecule has 1 aliphatic rings. The average molecular weight is 264 g/mol. The summed E-state index contributed by atoms with van der Waals surface area (Å²) in [7, 11) is 3.49. The maximum Gasteiger partial charge on any atom is 0.123 e. The van der Waals surface area contributed by atoms with Gasteiger partial charge >= 0.3 is 0 Å². The van der Waals surface area contributed by atoms with Gasteiger partial charge in [0.15, 0.2) is 0 Å². The molecule has 0 saturated carbocycles. The largest absolute Gasteiger partial charge is 0.496 e. The van der Waals surface area contributed by atoms with Crippen LogP contribution in [0, 0.1) is 0 Å². The van der Waals surface area contributed by atoms with E-state index in [4.69, 9.17) is 15.2 Å². The van der Waals surface area contributed by atoms with Crippen LogP contribution in [-0.4, -0.2) is 44.9 Å². The summed E-state index contributed by atoms with van der Waals surface area (Å²) in [5, 5.41) is 0. The Morgan fingerprint density at radius 3 is 2.74 bits per heavy atom. The molecule has 0 spiro atoms. The third-order valence-electron chi connectivity index (χ3n) is 3.89. The van der Waals surface area contributed by atoms with E-state index in [1.165, 1.54) is 5.56 Å². The fourth-order valence-electron chi connectivity index (χ4n) is 3.07. The van der Waals surface area contributed by atoms with E-state index < -0.39 is 0 Å². The van der Waals surface area contributed by atoms with Gasteiger partial charge in [0.2, 0.25) is 0 Å². The molecular formula is C15H24N2O2. The number of hydrogen-bond acceptors (Lipinski definition) is 4. The molecule has 2 atom stereocenters. The normalized spacial score (nSPS) is 23.7. The first-order valence-corrected chi connectivity index (χ1v) is 6.89. The van der Waals surface area contributed by atoms with Gasteiger partial charge in [0.05, 0.1) is 13.7 Å². The Morgan fingerprint density at radius 1 is 1.26 bits per heavy atom. The maximum absolute atomic E-state index is 5.76. The first-order chi connectivity index (χ1) is 9.31. The highest BCUT2D eigenvalue weighted by Crippen LogP contribution is 2.39. The van der Waals surface area contributed by atoms with E-state index in [0.717, 1.165) is 31.7 Å². The Balaban J connectivity index is 2.22. The molecule has 1 aliphatic heterocycles. The summed E-state index contributed by atoms with van der Waals surface area (Å²) in [6.45, 7) is 2.34. The zero-order valence-electron chi connectivity index (χ0n) is 11.8. The molecule has 1 aromatic rings. The zero-order valence-corrected chi connectivity index (χ0v) is 11.8. The van der Waals surface area contributed by atoms with Gasteiger partial charge in [-0.25, -0.2) is 0 Å². The molecule has 0 bridgehead atoms. The number of rotatable bonds is 6. The standard InChI is InChI=1S/C15H24N2O2/c1-18-11-12-7-8-14(17(12)10-9-16)13-5-3-4-6-15(13)19-2/h3-6,12,14H,7-11,16H2,1-2H3. The second-order valence-corrected chi connectivity index (χ2v) is 4.97. The minimum atomic E-state index is 0.389. The van der Waals surface area contributed by atoms with Gasteiger partial charge in [-0.15, -0.1) is 0 Å². The lowest BCUT2D eigenvalue weighted by molar-refractivity contribution is 0.0978. The van der Waals surface area contributed by atoms with E-state index in [2.05, 4.69) is 17.0 Å². The van der Waals surface area contributed by atoms with E-state index in [-0.39, 0.29) is 0 Å². The molecule has 106 valence electrons. The first-order valence-electron chi connectivity index (χ1n) is 6.89. The minimum absolute atomic E-state index is 0.389. The molecule has 0 aromatic heterocycles. The Morgan fingerprint density at radius 2 is 2.05 bits per heavy atom. The van der Waals surface area contributed by atoms with Crippen molar-refractivity contribution in [3.8, 4) is 5.75 Å². The van der Waals surface area contributed by atoms with Crippen molar-refractivity contribution >= 4 is 0 Å². The average Bonchev–Trinajstić information content (AvgIpc) is 2.83. The van der Waals surface area contributed by atoms with Gasteiger partial charge in [-0.1, -0.05) is 18.2 Å². The van der Waals surface area contributed by atoms with Crippen molar-refractivity contribution in [2.45, 2.75) is 24.9 Å². The van der Waals surface area contributed by atoms with Gasteiger partial charge in [0, 0.05) is 37.8 Å². The van der Waals surface area contributed by atoms with Crippen LogP contribution in [0.1, 0.15) is 24.4 Å². The summed E-state index contributed by atoms with van der Waals surface area (Å²) >= 11 is 0. The number of nitrogens with zero attached hydrogens (tertiary/aromatic N) is 1. The van der Waals surface area contributed by atoms with Crippen LogP contribution in [-0.2, 0) is 4.74 Å².